The van der Waals surface area contributed by atoms with Gasteiger partial charge in [0.15, 0.2) is 17.9 Å². The molecule has 8 heteroatoms. The molecule has 0 atom stereocenters. The standard InChI is InChI=1S/C13H14FN5O2/c1-2-21-8-16-13-11(12(15)20)17-18-19(13)7-9-3-5-10(14)6-4-9/h3-6,8H,2,7H2,1H3,(H2,15,20)/b16-8+. The Morgan fingerprint density at radius 3 is 2.81 bits per heavy atom. The number of aromatic nitrogens is 3. The average molecular weight is 291 g/mol. The van der Waals surface area contributed by atoms with Gasteiger partial charge in [0.05, 0.1) is 13.2 Å². The van der Waals surface area contributed by atoms with Crippen molar-refractivity contribution >= 4 is 18.1 Å². The number of amides is 1. The number of halogens is 1. The minimum Gasteiger partial charge on any atom is -0.483 e. The van der Waals surface area contributed by atoms with Gasteiger partial charge in [-0.1, -0.05) is 17.3 Å². The van der Waals surface area contributed by atoms with Crippen LogP contribution < -0.4 is 5.73 Å². The van der Waals surface area contributed by atoms with Crippen LogP contribution >= 0.6 is 0 Å². The van der Waals surface area contributed by atoms with Crippen molar-refractivity contribution < 1.29 is 13.9 Å². The molecule has 0 saturated heterocycles. The van der Waals surface area contributed by atoms with Crippen LogP contribution in [0.5, 0.6) is 0 Å². The van der Waals surface area contributed by atoms with Gasteiger partial charge in [-0.25, -0.2) is 9.07 Å². The summed E-state index contributed by atoms with van der Waals surface area (Å²) >= 11 is 0. The number of nitrogens with two attached hydrogens (primary N) is 1. The Morgan fingerprint density at radius 1 is 1.48 bits per heavy atom. The molecule has 2 aromatic rings. The monoisotopic (exact) mass is 291 g/mol. The number of aliphatic imine (C=N–C) groups is 1. The van der Waals surface area contributed by atoms with E-state index in [1.807, 2.05) is 0 Å². The third kappa shape index (κ3) is 3.62. The lowest BCUT2D eigenvalue weighted by Crippen LogP contribution is -2.12. The van der Waals surface area contributed by atoms with Crippen LogP contribution in [0.3, 0.4) is 0 Å². The Labute approximate surface area is 120 Å². The average Bonchev–Trinajstić information content (AvgIpc) is 2.85. The molecule has 7 nitrogen and oxygen atoms in total. The molecule has 0 aliphatic rings. The number of primary amides is 1. The SMILES string of the molecule is CCO/C=N/c1c(C(N)=O)nnn1Cc1ccc(F)cc1. The van der Waals surface area contributed by atoms with Crippen molar-refractivity contribution in [3.63, 3.8) is 0 Å². The topological polar surface area (TPSA) is 95.4 Å². The van der Waals surface area contributed by atoms with Crippen molar-refractivity contribution in [2.75, 3.05) is 6.61 Å². The zero-order valence-corrected chi connectivity index (χ0v) is 11.4. The van der Waals surface area contributed by atoms with E-state index in [9.17, 15) is 9.18 Å². The molecular weight excluding hydrogens is 277 g/mol. The van der Waals surface area contributed by atoms with E-state index < -0.39 is 5.91 Å². The second-order valence-corrected chi connectivity index (χ2v) is 4.10. The molecule has 1 aromatic heterocycles. The summed E-state index contributed by atoms with van der Waals surface area (Å²) in [5, 5.41) is 7.54. The van der Waals surface area contributed by atoms with Crippen molar-refractivity contribution in [1.82, 2.24) is 15.0 Å². The number of carbonyl (C=O) groups is 1. The zero-order valence-electron chi connectivity index (χ0n) is 11.4. The van der Waals surface area contributed by atoms with Gasteiger partial charge in [-0.05, 0) is 24.6 Å². The molecule has 21 heavy (non-hydrogen) atoms. The van der Waals surface area contributed by atoms with E-state index in [0.29, 0.717) is 6.61 Å². The van der Waals surface area contributed by atoms with Gasteiger partial charge in [-0.2, -0.15) is 4.99 Å². The predicted octanol–water partition coefficient (Wildman–Crippen LogP) is 1.26. The van der Waals surface area contributed by atoms with Crippen LogP contribution in [0.1, 0.15) is 23.0 Å². The molecule has 0 spiro atoms. The zero-order chi connectivity index (χ0) is 15.2. The van der Waals surface area contributed by atoms with E-state index in [1.54, 1.807) is 19.1 Å². The van der Waals surface area contributed by atoms with Gasteiger partial charge in [0.1, 0.15) is 5.82 Å². The number of hydrogen-bond acceptors (Lipinski definition) is 5. The summed E-state index contributed by atoms with van der Waals surface area (Å²) in [6.45, 7) is 2.52. The fourth-order valence-corrected chi connectivity index (χ4v) is 1.63. The molecule has 0 radical (unpaired) electrons. The lowest BCUT2D eigenvalue weighted by atomic mass is 10.2. The third-order valence-corrected chi connectivity index (χ3v) is 2.60. The van der Waals surface area contributed by atoms with Crippen molar-refractivity contribution in [1.29, 1.82) is 0 Å². The van der Waals surface area contributed by atoms with Crippen molar-refractivity contribution in [3.05, 3.63) is 41.3 Å². The molecule has 0 aliphatic carbocycles. The summed E-state index contributed by atoms with van der Waals surface area (Å²) in [4.78, 5) is 15.3. The Kier molecular flexibility index (Phi) is 4.60. The molecule has 1 aromatic carbocycles. The maximum absolute atomic E-state index is 12.9. The second-order valence-electron chi connectivity index (χ2n) is 4.10. The number of rotatable bonds is 6. The van der Waals surface area contributed by atoms with Crippen LogP contribution in [0.2, 0.25) is 0 Å². The molecule has 1 amide bonds. The molecule has 2 rings (SSSR count). The Hall–Kier alpha value is -2.77. The van der Waals surface area contributed by atoms with Crippen LogP contribution in [0.25, 0.3) is 0 Å². The molecule has 110 valence electrons. The Morgan fingerprint density at radius 2 is 2.19 bits per heavy atom. The third-order valence-electron chi connectivity index (χ3n) is 2.60. The molecule has 0 aliphatic heterocycles. The van der Waals surface area contributed by atoms with Crippen molar-refractivity contribution in [2.45, 2.75) is 13.5 Å². The summed E-state index contributed by atoms with van der Waals surface area (Å²) in [6, 6.07) is 5.89. The normalized spacial score (nSPS) is 11.0. The van der Waals surface area contributed by atoms with Gasteiger partial charge in [-0.3, -0.25) is 4.79 Å². The highest BCUT2D eigenvalue weighted by atomic mass is 19.1. The van der Waals surface area contributed by atoms with Gasteiger partial charge in [-0.15, -0.1) is 5.10 Å². The van der Waals surface area contributed by atoms with E-state index in [4.69, 9.17) is 10.5 Å². The largest absolute Gasteiger partial charge is 0.483 e. The van der Waals surface area contributed by atoms with E-state index in [-0.39, 0.29) is 23.9 Å². The molecule has 0 unspecified atom stereocenters. The van der Waals surface area contributed by atoms with Crippen molar-refractivity contribution in [2.24, 2.45) is 10.7 Å². The quantitative estimate of drug-likeness (QED) is 0.640. The summed E-state index contributed by atoms with van der Waals surface area (Å²) in [6.07, 6.45) is 1.20. The highest BCUT2D eigenvalue weighted by molar-refractivity contribution is 5.95. The lowest BCUT2D eigenvalue weighted by molar-refractivity contribution is 0.0996. The fourth-order valence-electron chi connectivity index (χ4n) is 1.63. The van der Waals surface area contributed by atoms with Crippen LogP contribution in [-0.2, 0) is 11.3 Å². The van der Waals surface area contributed by atoms with Crippen molar-refractivity contribution in [3.8, 4) is 0 Å². The number of nitrogens with zero attached hydrogens (tertiary/aromatic N) is 4. The first kappa shape index (κ1) is 14.6. The maximum atomic E-state index is 12.9. The minimum absolute atomic E-state index is 0.0481. The van der Waals surface area contributed by atoms with Crippen LogP contribution in [0.15, 0.2) is 29.3 Å². The van der Waals surface area contributed by atoms with Gasteiger partial charge < -0.3 is 10.5 Å². The van der Waals surface area contributed by atoms with Gasteiger partial charge in [0, 0.05) is 0 Å². The molecule has 2 N–H and O–H groups in total. The van der Waals surface area contributed by atoms with Gasteiger partial charge in [0.2, 0.25) is 0 Å². The Balaban J connectivity index is 2.29. The first-order valence-corrected chi connectivity index (χ1v) is 6.23. The number of hydrogen-bond donors (Lipinski definition) is 1. The molecule has 1 heterocycles. The minimum atomic E-state index is -0.732. The summed E-state index contributed by atoms with van der Waals surface area (Å²) in [5.74, 6) is -0.867. The smallest absolute Gasteiger partial charge is 0.273 e. The predicted molar refractivity (Wildman–Crippen MR) is 73.8 cm³/mol. The Bertz CT molecular complexity index is 651. The molecule has 0 fully saturated rings. The van der Waals surface area contributed by atoms with Gasteiger partial charge in [0.25, 0.3) is 5.91 Å². The first-order valence-electron chi connectivity index (χ1n) is 6.23. The summed E-state index contributed by atoms with van der Waals surface area (Å²) in [7, 11) is 0. The van der Waals surface area contributed by atoms with Crippen LogP contribution in [-0.4, -0.2) is 33.9 Å². The van der Waals surface area contributed by atoms with E-state index in [2.05, 4.69) is 15.3 Å². The van der Waals surface area contributed by atoms with Gasteiger partial charge >= 0.3 is 0 Å². The molecular formula is C13H14FN5O2. The highest BCUT2D eigenvalue weighted by Gasteiger charge is 2.17. The summed E-state index contributed by atoms with van der Waals surface area (Å²) < 4.78 is 19.3. The number of ether oxygens (including phenoxy) is 1. The second kappa shape index (κ2) is 6.60. The highest BCUT2D eigenvalue weighted by Crippen LogP contribution is 2.17. The number of carbonyl (C=O) groups excluding carboxylic acids is 1. The molecule has 0 saturated carbocycles. The summed E-state index contributed by atoms with van der Waals surface area (Å²) in [5.41, 5.74) is 5.96. The van der Waals surface area contributed by atoms with E-state index in [0.717, 1.165) is 5.56 Å². The lowest BCUT2D eigenvalue weighted by Gasteiger charge is -2.03. The molecule has 0 bridgehead atoms. The van der Waals surface area contributed by atoms with E-state index in [1.165, 1.54) is 23.2 Å². The fraction of sp³-hybridized carbons (Fsp3) is 0.231. The van der Waals surface area contributed by atoms with Crippen LogP contribution in [0, 0.1) is 5.82 Å². The first-order chi connectivity index (χ1) is 10.1. The number of benzene rings is 1. The van der Waals surface area contributed by atoms with E-state index >= 15 is 0 Å². The van der Waals surface area contributed by atoms with Crippen LogP contribution in [0.4, 0.5) is 10.2 Å². The maximum Gasteiger partial charge on any atom is 0.273 e.